The normalized spacial score (nSPS) is 14.1. The summed E-state index contributed by atoms with van der Waals surface area (Å²) in [6.07, 6.45) is 2.74. The van der Waals surface area contributed by atoms with E-state index in [9.17, 15) is 0 Å². The van der Waals surface area contributed by atoms with Gasteiger partial charge in [0.1, 0.15) is 5.82 Å². The number of anilines is 3. The second-order valence-electron chi connectivity index (χ2n) is 7.72. The van der Waals surface area contributed by atoms with E-state index in [2.05, 4.69) is 26.6 Å². The summed E-state index contributed by atoms with van der Waals surface area (Å²) in [5.41, 5.74) is 2.91. The van der Waals surface area contributed by atoms with Crippen LogP contribution in [0.25, 0.3) is 21.8 Å². The first-order valence-electron chi connectivity index (χ1n) is 10.9. The second kappa shape index (κ2) is 9.54. The van der Waals surface area contributed by atoms with Gasteiger partial charge in [-0.3, -0.25) is 4.98 Å². The van der Waals surface area contributed by atoms with Gasteiger partial charge in [-0.15, -0.1) is 0 Å². The van der Waals surface area contributed by atoms with Crippen LogP contribution in [0.15, 0.2) is 54.7 Å². The fourth-order valence-electron chi connectivity index (χ4n) is 3.90. The summed E-state index contributed by atoms with van der Waals surface area (Å²) in [5, 5.41) is 9.84. The van der Waals surface area contributed by atoms with E-state index in [0.717, 1.165) is 71.9 Å². The van der Waals surface area contributed by atoms with Gasteiger partial charge in [0, 0.05) is 53.9 Å². The number of ether oxygens (including phenoxy) is 1. The summed E-state index contributed by atoms with van der Waals surface area (Å²) in [6.45, 7) is 4.67. The van der Waals surface area contributed by atoms with Gasteiger partial charge in [0.15, 0.2) is 0 Å². The molecule has 4 aromatic rings. The number of benzene rings is 2. The number of nitrogens with zero attached hydrogens (tertiary/aromatic N) is 4. The minimum atomic E-state index is 0.694. The number of pyridine rings is 1. The highest BCUT2D eigenvalue weighted by Crippen LogP contribution is 2.25. The smallest absolute Gasteiger partial charge is 0.228 e. The maximum absolute atomic E-state index is 6.09. The second-order valence-corrected chi connectivity index (χ2v) is 8.15. The summed E-state index contributed by atoms with van der Waals surface area (Å²) in [4.78, 5) is 16.2. The van der Waals surface area contributed by atoms with E-state index in [-0.39, 0.29) is 0 Å². The first-order chi connectivity index (χ1) is 15.8. The third-order valence-electron chi connectivity index (χ3n) is 5.55. The van der Waals surface area contributed by atoms with Crippen LogP contribution >= 0.6 is 11.6 Å². The Labute approximate surface area is 191 Å². The highest BCUT2D eigenvalue weighted by molar-refractivity contribution is 6.31. The van der Waals surface area contributed by atoms with Crippen molar-refractivity contribution in [1.29, 1.82) is 0 Å². The maximum Gasteiger partial charge on any atom is 0.228 e. The number of halogens is 1. The Morgan fingerprint density at radius 3 is 2.66 bits per heavy atom. The van der Waals surface area contributed by atoms with Crippen molar-refractivity contribution >= 4 is 50.9 Å². The Balaban J connectivity index is 1.24. The molecule has 2 N–H and O–H groups in total. The topological polar surface area (TPSA) is 75.2 Å². The third kappa shape index (κ3) is 4.54. The van der Waals surface area contributed by atoms with E-state index in [0.29, 0.717) is 18.2 Å². The highest BCUT2D eigenvalue weighted by atomic mass is 35.5. The van der Waals surface area contributed by atoms with Crippen LogP contribution in [0.4, 0.5) is 17.5 Å². The lowest BCUT2D eigenvalue weighted by Crippen LogP contribution is -2.37. The summed E-state index contributed by atoms with van der Waals surface area (Å²) < 4.78 is 5.47. The quantitative estimate of drug-likeness (QED) is 0.401. The van der Waals surface area contributed by atoms with Gasteiger partial charge in [-0.05, 0) is 42.8 Å². The Bertz CT molecular complexity index is 1230. The van der Waals surface area contributed by atoms with Crippen molar-refractivity contribution in [3.63, 3.8) is 0 Å². The molecule has 1 saturated heterocycles. The number of hydrogen-bond acceptors (Lipinski definition) is 7. The molecule has 1 fully saturated rings. The molecule has 0 spiro atoms. The number of para-hydroxylation sites is 1. The molecular formula is C24H25ClN6O. The van der Waals surface area contributed by atoms with E-state index in [4.69, 9.17) is 26.3 Å². The number of rotatable bonds is 7. The van der Waals surface area contributed by atoms with E-state index in [1.807, 2.05) is 42.5 Å². The first-order valence-corrected chi connectivity index (χ1v) is 11.3. The standard InChI is InChI=1S/C24H25ClN6O/c25-17-6-7-18-20(8-11-27-22(18)16-17)26-9-3-10-28-23-19-4-1-2-5-21(19)29-24(30-23)31-12-14-32-15-13-31/h1-2,4-8,11,16H,3,9-10,12-15H2,(H,26,27)(H,28,29,30). The molecule has 2 aromatic carbocycles. The zero-order valence-electron chi connectivity index (χ0n) is 17.7. The van der Waals surface area contributed by atoms with E-state index in [1.54, 1.807) is 6.20 Å². The monoisotopic (exact) mass is 448 g/mol. The van der Waals surface area contributed by atoms with E-state index < -0.39 is 0 Å². The summed E-state index contributed by atoms with van der Waals surface area (Å²) in [6, 6.07) is 15.9. The van der Waals surface area contributed by atoms with E-state index >= 15 is 0 Å². The summed E-state index contributed by atoms with van der Waals surface area (Å²) in [5.74, 6) is 1.63. The predicted octanol–water partition coefficient (Wildman–Crippen LogP) is 4.58. The zero-order valence-corrected chi connectivity index (χ0v) is 18.5. The van der Waals surface area contributed by atoms with Gasteiger partial charge in [-0.1, -0.05) is 23.7 Å². The van der Waals surface area contributed by atoms with Crippen molar-refractivity contribution in [2.45, 2.75) is 6.42 Å². The molecule has 0 bridgehead atoms. The predicted molar refractivity (Wildman–Crippen MR) is 131 cm³/mol. The zero-order chi connectivity index (χ0) is 21.8. The van der Waals surface area contributed by atoms with Gasteiger partial charge >= 0.3 is 0 Å². The van der Waals surface area contributed by atoms with Crippen molar-refractivity contribution < 1.29 is 4.74 Å². The molecule has 2 aromatic heterocycles. The van der Waals surface area contributed by atoms with Crippen molar-refractivity contribution in [3.8, 4) is 0 Å². The van der Waals surface area contributed by atoms with E-state index in [1.165, 1.54) is 0 Å². The van der Waals surface area contributed by atoms with Gasteiger partial charge in [0.25, 0.3) is 0 Å². The molecule has 0 amide bonds. The highest BCUT2D eigenvalue weighted by Gasteiger charge is 2.16. The van der Waals surface area contributed by atoms with Gasteiger partial charge < -0.3 is 20.3 Å². The molecule has 5 rings (SSSR count). The molecule has 164 valence electrons. The van der Waals surface area contributed by atoms with Crippen LogP contribution in [0, 0.1) is 0 Å². The van der Waals surface area contributed by atoms with Crippen LogP contribution in [-0.4, -0.2) is 54.3 Å². The lowest BCUT2D eigenvalue weighted by Gasteiger charge is -2.27. The summed E-state index contributed by atoms with van der Waals surface area (Å²) >= 11 is 6.09. The van der Waals surface area contributed by atoms with Crippen molar-refractivity contribution in [3.05, 3.63) is 59.8 Å². The SMILES string of the molecule is Clc1ccc2c(NCCCNc3nc(N4CCOCC4)nc4ccccc34)ccnc2c1. The van der Waals surface area contributed by atoms with Crippen LogP contribution in [0.5, 0.6) is 0 Å². The lowest BCUT2D eigenvalue weighted by atomic mass is 10.2. The van der Waals surface area contributed by atoms with Crippen LogP contribution in [0.2, 0.25) is 5.02 Å². The van der Waals surface area contributed by atoms with Crippen LogP contribution in [0.1, 0.15) is 6.42 Å². The number of nitrogens with one attached hydrogen (secondary N) is 2. The van der Waals surface area contributed by atoms with Crippen LogP contribution in [0.3, 0.4) is 0 Å². The van der Waals surface area contributed by atoms with Crippen LogP contribution < -0.4 is 15.5 Å². The molecule has 1 aliphatic rings. The maximum atomic E-state index is 6.09. The molecule has 1 aliphatic heterocycles. The fourth-order valence-corrected chi connectivity index (χ4v) is 4.06. The van der Waals surface area contributed by atoms with Crippen molar-refractivity contribution in [2.75, 3.05) is 54.9 Å². The minimum Gasteiger partial charge on any atom is -0.384 e. The Kier molecular flexibility index (Phi) is 6.18. The van der Waals surface area contributed by atoms with Gasteiger partial charge in [-0.2, -0.15) is 4.98 Å². The molecule has 3 heterocycles. The first kappa shape index (κ1) is 20.7. The lowest BCUT2D eigenvalue weighted by molar-refractivity contribution is 0.122. The number of aromatic nitrogens is 3. The van der Waals surface area contributed by atoms with Gasteiger partial charge in [-0.25, -0.2) is 4.98 Å². The minimum absolute atomic E-state index is 0.694. The summed E-state index contributed by atoms with van der Waals surface area (Å²) in [7, 11) is 0. The number of morpholine rings is 1. The molecule has 7 nitrogen and oxygen atoms in total. The van der Waals surface area contributed by atoms with Crippen molar-refractivity contribution in [1.82, 2.24) is 15.0 Å². The Morgan fingerprint density at radius 2 is 1.75 bits per heavy atom. The largest absolute Gasteiger partial charge is 0.384 e. The Hall–Kier alpha value is -3.16. The van der Waals surface area contributed by atoms with Gasteiger partial charge in [0.05, 0.1) is 24.2 Å². The fraction of sp³-hybridized carbons (Fsp3) is 0.292. The Morgan fingerprint density at radius 1 is 0.906 bits per heavy atom. The number of hydrogen-bond donors (Lipinski definition) is 2. The molecule has 0 aliphatic carbocycles. The van der Waals surface area contributed by atoms with Crippen molar-refractivity contribution in [2.24, 2.45) is 0 Å². The average Bonchev–Trinajstić information content (AvgIpc) is 2.84. The third-order valence-corrected chi connectivity index (χ3v) is 5.79. The molecule has 8 heteroatoms. The number of fused-ring (bicyclic) bond motifs is 2. The average molecular weight is 449 g/mol. The molecular weight excluding hydrogens is 424 g/mol. The van der Waals surface area contributed by atoms with Crippen LogP contribution in [-0.2, 0) is 4.74 Å². The molecule has 0 saturated carbocycles. The molecule has 0 radical (unpaired) electrons. The molecule has 0 unspecified atom stereocenters. The van der Waals surface area contributed by atoms with Gasteiger partial charge in [0.2, 0.25) is 5.95 Å². The molecule has 0 atom stereocenters. The molecule has 32 heavy (non-hydrogen) atoms.